The molecule has 0 aromatic carbocycles. The van der Waals surface area contributed by atoms with Gasteiger partial charge in [-0.1, -0.05) is 20.3 Å². The molecule has 0 fully saturated rings. The molecule has 0 aliphatic heterocycles. The van der Waals surface area contributed by atoms with E-state index in [1.54, 1.807) is 19.1 Å². The normalized spacial score (nSPS) is 13.5. The van der Waals surface area contributed by atoms with Crippen LogP contribution in [0, 0.1) is 12.8 Å². The molecule has 1 amide bonds. The Labute approximate surface area is 134 Å². The Hall–Kier alpha value is -2.57. The molecule has 0 bridgehead atoms. The number of aryl methyl sites for hydroxylation is 1. The van der Waals surface area contributed by atoms with Crippen molar-refractivity contribution >= 4 is 17.5 Å². The van der Waals surface area contributed by atoms with E-state index >= 15 is 0 Å². The van der Waals surface area contributed by atoms with E-state index in [4.69, 9.17) is 4.74 Å². The Morgan fingerprint density at radius 2 is 2.22 bits per heavy atom. The average Bonchev–Trinajstić information content (AvgIpc) is 2.90. The molecule has 2 atom stereocenters. The van der Waals surface area contributed by atoms with Gasteiger partial charge in [-0.25, -0.2) is 9.78 Å². The summed E-state index contributed by atoms with van der Waals surface area (Å²) in [4.78, 5) is 27.5. The zero-order valence-corrected chi connectivity index (χ0v) is 13.4. The summed E-state index contributed by atoms with van der Waals surface area (Å²) in [5.41, 5.74) is 1.46. The number of nitrogens with one attached hydrogen (secondary N) is 1. The topological polar surface area (TPSA) is 92.9 Å². The minimum absolute atomic E-state index is 0.158. The molecule has 2 N–H and O–H groups in total. The van der Waals surface area contributed by atoms with Crippen LogP contribution in [0.1, 0.15) is 26.0 Å². The highest BCUT2D eigenvalue weighted by molar-refractivity contribution is 5.84. The van der Waals surface area contributed by atoms with E-state index in [1.807, 2.05) is 30.6 Å². The SMILES string of the molecule is CCC(C)C(NC(=O)COc1cccn2cc(C)nc12)C(=O)O. The van der Waals surface area contributed by atoms with Crippen LogP contribution in [-0.4, -0.2) is 39.0 Å². The van der Waals surface area contributed by atoms with Crippen molar-refractivity contribution in [3.63, 3.8) is 0 Å². The molecule has 124 valence electrons. The Kier molecular flexibility index (Phi) is 5.20. The van der Waals surface area contributed by atoms with Crippen molar-refractivity contribution in [3.8, 4) is 5.75 Å². The number of ether oxygens (including phenoxy) is 1. The first-order valence-electron chi connectivity index (χ1n) is 7.51. The van der Waals surface area contributed by atoms with Gasteiger partial charge in [-0.3, -0.25) is 4.79 Å². The largest absolute Gasteiger partial charge is 0.480 e. The Morgan fingerprint density at radius 3 is 2.87 bits per heavy atom. The number of nitrogens with zero attached hydrogens (tertiary/aromatic N) is 2. The van der Waals surface area contributed by atoms with E-state index in [-0.39, 0.29) is 12.5 Å². The molecule has 2 aromatic rings. The summed E-state index contributed by atoms with van der Waals surface area (Å²) in [5.74, 6) is -1.19. The van der Waals surface area contributed by atoms with Crippen LogP contribution >= 0.6 is 0 Å². The van der Waals surface area contributed by atoms with Crippen molar-refractivity contribution in [1.82, 2.24) is 14.7 Å². The van der Waals surface area contributed by atoms with Gasteiger partial charge in [-0.15, -0.1) is 0 Å². The number of hydrogen-bond acceptors (Lipinski definition) is 4. The van der Waals surface area contributed by atoms with Crippen molar-refractivity contribution < 1.29 is 19.4 Å². The summed E-state index contributed by atoms with van der Waals surface area (Å²) in [6.07, 6.45) is 4.35. The summed E-state index contributed by atoms with van der Waals surface area (Å²) >= 11 is 0. The summed E-state index contributed by atoms with van der Waals surface area (Å²) in [6.45, 7) is 5.28. The average molecular weight is 319 g/mol. The number of aromatic nitrogens is 2. The molecule has 0 radical (unpaired) electrons. The maximum absolute atomic E-state index is 12.0. The fourth-order valence-corrected chi connectivity index (χ4v) is 2.26. The van der Waals surface area contributed by atoms with Gasteiger partial charge in [-0.05, 0) is 25.0 Å². The van der Waals surface area contributed by atoms with Gasteiger partial charge in [0.25, 0.3) is 5.91 Å². The number of hydrogen-bond donors (Lipinski definition) is 2. The number of fused-ring (bicyclic) bond motifs is 1. The lowest BCUT2D eigenvalue weighted by atomic mass is 9.99. The van der Waals surface area contributed by atoms with E-state index in [0.717, 1.165) is 5.69 Å². The van der Waals surface area contributed by atoms with Crippen molar-refractivity contribution in [2.24, 2.45) is 5.92 Å². The number of carbonyl (C=O) groups excluding carboxylic acids is 1. The molecule has 2 aromatic heterocycles. The van der Waals surface area contributed by atoms with Crippen molar-refractivity contribution in [3.05, 3.63) is 30.2 Å². The van der Waals surface area contributed by atoms with Crippen LogP contribution in [0.3, 0.4) is 0 Å². The molecular formula is C16H21N3O4. The van der Waals surface area contributed by atoms with Crippen LogP contribution in [-0.2, 0) is 9.59 Å². The number of carboxylic acid groups (broad SMARTS) is 1. The summed E-state index contributed by atoms with van der Waals surface area (Å²) < 4.78 is 7.31. The number of pyridine rings is 1. The van der Waals surface area contributed by atoms with Crippen LogP contribution in [0.5, 0.6) is 5.75 Å². The number of carbonyl (C=O) groups is 2. The van der Waals surface area contributed by atoms with Crippen molar-refractivity contribution in [2.45, 2.75) is 33.2 Å². The number of amides is 1. The summed E-state index contributed by atoms with van der Waals surface area (Å²) in [6, 6.07) is 2.60. The van der Waals surface area contributed by atoms with E-state index in [9.17, 15) is 14.7 Å². The third-order valence-electron chi connectivity index (χ3n) is 3.72. The first-order chi connectivity index (χ1) is 10.9. The van der Waals surface area contributed by atoms with E-state index in [1.165, 1.54) is 0 Å². The Bertz CT molecular complexity index is 710. The van der Waals surface area contributed by atoms with Crippen LogP contribution < -0.4 is 10.1 Å². The number of aliphatic carboxylic acids is 1. The van der Waals surface area contributed by atoms with E-state index in [0.29, 0.717) is 17.8 Å². The second-order valence-electron chi connectivity index (χ2n) is 5.54. The van der Waals surface area contributed by atoms with Gasteiger partial charge >= 0.3 is 5.97 Å². The third-order valence-corrected chi connectivity index (χ3v) is 3.72. The minimum atomic E-state index is -1.04. The molecular weight excluding hydrogens is 298 g/mol. The molecule has 23 heavy (non-hydrogen) atoms. The lowest BCUT2D eigenvalue weighted by Gasteiger charge is -2.20. The van der Waals surface area contributed by atoms with Crippen LogP contribution in [0.15, 0.2) is 24.5 Å². The standard InChI is InChI=1S/C16H21N3O4/c1-4-10(2)14(16(21)22)18-13(20)9-23-12-6-5-7-19-8-11(3)17-15(12)19/h5-8,10,14H,4,9H2,1-3H3,(H,18,20)(H,21,22). The van der Waals surface area contributed by atoms with Gasteiger partial charge < -0.3 is 19.6 Å². The molecule has 0 aliphatic rings. The molecule has 2 unspecified atom stereocenters. The molecule has 7 heteroatoms. The molecule has 2 rings (SSSR count). The van der Waals surface area contributed by atoms with Crippen LogP contribution in [0.25, 0.3) is 5.65 Å². The van der Waals surface area contributed by atoms with Gasteiger partial charge in [-0.2, -0.15) is 0 Å². The first kappa shape index (κ1) is 16.8. The fraction of sp³-hybridized carbons (Fsp3) is 0.438. The molecule has 0 saturated heterocycles. The van der Waals surface area contributed by atoms with Gasteiger partial charge in [0.1, 0.15) is 6.04 Å². The second kappa shape index (κ2) is 7.13. The predicted molar refractivity (Wildman–Crippen MR) is 84.4 cm³/mol. The first-order valence-corrected chi connectivity index (χ1v) is 7.51. The fourth-order valence-electron chi connectivity index (χ4n) is 2.26. The van der Waals surface area contributed by atoms with Crippen molar-refractivity contribution in [1.29, 1.82) is 0 Å². The number of carboxylic acids is 1. The lowest BCUT2D eigenvalue weighted by Crippen LogP contribution is -2.46. The van der Waals surface area contributed by atoms with Crippen LogP contribution in [0.2, 0.25) is 0 Å². The van der Waals surface area contributed by atoms with Gasteiger partial charge in [0, 0.05) is 12.4 Å². The zero-order chi connectivity index (χ0) is 17.0. The predicted octanol–water partition coefficient (Wildman–Crippen LogP) is 1.64. The quantitative estimate of drug-likeness (QED) is 0.809. The highest BCUT2D eigenvalue weighted by atomic mass is 16.5. The van der Waals surface area contributed by atoms with Crippen LogP contribution in [0.4, 0.5) is 0 Å². The summed E-state index contributed by atoms with van der Waals surface area (Å²) in [7, 11) is 0. The van der Waals surface area contributed by atoms with E-state index < -0.39 is 17.9 Å². The molecule has 2 heterocycles. The number of imidazole rings is 1. The maximum Gasteiger partial charge on any atom is 0.326 e. The summed E-state index contributed by atoms with van der Waals surface area (Å²) in [5, 5.41) is 11.7. The molecule has 7 nitrogen and oxygen atoms in total. The maximum atomic E-state index is 12.0. The molecule has 0 spiro atoms. The Morgan fingerprint density at radius 1 is 1.48 bits per heavy atom. The molecule has 0 aliphatic carbocycles. The van der Waals surface area contributed by atoms with Crippen molar-refractivity contribution in [2.75, 3.05) is 6.61 Å². The molecule has 0 saturated carbocycles. The van der Waals surface area contributed by atoms with E-state index in [2.05, 4.69) is 10.3 Å². The zero-order valence-electron chi connectivity index (χ0n) is 13.4. The highest BCUT2D eigenvalue weighted by Crippen LogP contribution is 2.18. The van der Waals surface area contributed by atoms with Gasteiger partial charge in [0.05, 0.1) is 5.69 Å². The third kappa shape index (κ3) is 4.00. The smallest absolute Gasteiger partial charge is 0.326 e. The minimum Gasteiger partial charge on any atom is -0.480 e. The van der Waals surface area contributed by atoms with Gasteiger partial charge in [0.15, 0.2) is 18.0 Å². The monoisotopic (exact) mass is 319 g/mol. The highest BCUT2D eigenvalue weighted by Gasteiger charge is 2.25. The lowest BCUT2D eigenvalue weighted by molar-refractivity contribution is -0.143. The number of rotatable bonds is 7. The van der Waals surface area contributed by atoms with Gasteiger partial charge in [0.2, 0.25) is 0 Å². The second-order valence-corrected chi connectivity index (χ2v) is 5.54. The Balaban J connectivity index is 2.01.